The summed E-state index contributed by atoms with van der Waals surface area (Å²) >= 11 is 9.62. The molecule has 1 saturated heterocycles. The summed E-state index contributed by atoms with van der Waals surface area (Å²) in [6, 6.07) is 1.90. The molecule has 1 aliphatic heterocycles. The second-order valence-corrected chi connectivity index (χ2v) is 6.11. The fourth-order valence-electron chi connectivity index (χ4n) is 2.30. The van der Waals surface area contributed by atoms with Gasteiger partial charge in [0.05, 0.1) is 5.02 Å². The molecule has 0 spiro atoms. The largest absolute Gasteiger partial charge is 0.353 e. The van der Waals surface area contributed by atoms with Gasteiger partial charge in [0.2, 0.25) is 0 Å². The fourth-order valence-corrected chi connectivity index (χ4v) is 3.05. The number of pyridine rings is 1. The standard InChI is InChI=1S/C13H20BrClN4/c14-11-9-12(15)13(17-10-11)19-7-5-18(6-8-19)4-2-1-3-16/h9-10H,1-8,16H2. The van der Waals surface area contributed by atoms with Crippen LogP contribution in [0.2, 0.25) is 5.02 Å². The average molecular weight is 348 g/mol. The van der Waals surface area contributed by atoms with Crippen molar-refractivity contribution >= 4 is 33.3 Å². The summed E-state index contributed by atoms with van der Waals surface area (Å²) in [6.07, 6.45) is 4.10. The Balaban J connectivity index is 1.85. The minimum Gasteiger partial charge on any atom is -0.353 e. The van der Waals surface area contributed by atoms with Crippen LogP contribution in [0.15, 0.2) is 16.7 Å². The Hall–Kier alpha value is -0.360. The highest BCUT2D eigenvalue weighted by molar-refractivity contribution is 9.10. The van der Waals surface area contributed by atoms with Gasteiger partial charge in [0.25, 0.3) is 0 Å². The molecule has 4 nitrogen and oxygen atoms in total. The minimum absolute atomic E-state index is 0.714. The lowest BCUT2D eigenvalue weighted by molar-refractivity contribution is 0.253. The number of rotatable bonds is 5. The minimum atomic E-state index is 0.714. The van der Waals surface area contributed by atoms with Gasteiger partial charge < -0.3 is 10.6 Å². The summed E-state index contributed by atoms with van der Waals surface area (Å²) in [5.41, 5.74) is 5.52. The van der Waals surface area contributed by atoms with Gasteiger partial charge in [0, 0.05) is 36.8 Å². The first-order chi connectivity index (χ1) is 9.20. The smallest absolute Gasteiger partial charge is 0.147 e. The second-order valence-electron chi connectivity index (χ2n) is 4.78. The van der Waals surface area contributed by atoms with Crippen molar-refractivity contribution in [1.29, 1.82) is 0 Å². The van der Waals surface area contributed by atoms with E-state index in [0.29, 0.717) is 5.02 Å². The normalized spacial score (nSPS) is 16.9. The molecule has 2 N–H and O–H groups in total. The molecule has 19 heavy (non-hydrogen) atoms. The van der Waals surface area contributed by atoms with Crippen LogP contribution in [-0.4, -0.2) is 49.2 Å². The lowest BCUT2D eigenvalue weighted by atomic mass is 10.2. The number of aromatic nitrogens is 1. The number of hydrogen-bond donors (Lipinski definition) is 1. The lowest BCUT2D eigenvalue weighted by Gasteiger charge is -2.35. The SMILES string of the molecule is NCCCCN1CCN(c2ncc(Br)cc2Cl)CC1. The maximum Gasteiger partial charge on any atom is 0.147 e. The molecule has 0 saturated carbocycles. The van der Waals surface area contributed by atoms with Crippen molar-refractivity contribution in [3.8, 4) is 0 Å². The maximum atomic E-state index is 6.24. The van der Waals surface area contributed by atoms with Crippen LogP contribution in [0.5, 0.6) is 0 Å². The summed E-state index contributed by atoms with van der Waals surface area (Å²) in [5, 5.41) is 0.714. The van der Waals surface area contributed by atoms with Gasteiger partial charge >= 0.3 is 0 Å². The molecule has 1 fully saturated rings. The lowest BCUT2D eigenvalue weighted by Crippen LogP contribution is -2.47. The highest BCUT2D eigenvalue weighted by Gasteiger charge is 2.19. The van der Waals surface area contributed by atoms with E-state index in [1.54, 1.807) is 6.20 Å². The van der Waals surface area contributed by atoms with E-state index < -0.39 is 0 Å². The fraction of sp³-hybridized carbons (Fsp3) is 0.615. The van der Waals surface area contributed by atoms with Crippen molar-refractivity contribution < 1.29 is 0 Å². The Morgan fingerprint density at radius 1 is 1.26 bits per heavy atom. The van der Waals surface area contributed by atoms with E-state index in [1.807, 2.05) is 6.07 Å². The predicted octanol–water partition coefficient (Wildman–Crippen LogP) is 2.36. The van der Waals surface area contributed by atoms with E-state index in [2.05, 4.69) is 30.7 Å². The molecule has 0 bridgehead atoms. The molecule has 0 atom stereocenters. The average Bonchev–Trinajstić information content (AvgIpc) is 2.40. The zero-order valence-corrected chi connectivity index (χ0v) is 13.3. The summed E-state index contributed by atoms with van der Waals surface area (Å²) < 4.78 is 0.918. The van der Waals surface area contributed by atoms with Crippen LogP contribution in [0.25, 0.3) is 0 Å². The molecular weight excluding hydrogens is 328 g/mol. The number of unbranched alkanes of at least 4 members (excludes halogenated alkanes) is 1. The third-order valence-corrected chi connectivity index (χ3v) is 4.10. The molecule has 1 aromatic heterocycles. The zero-order chi connectivity index (χ0) is 13.7. The van der Waals surface area contributed by atoms with Crippen LogP contribution in [0, 0.1) is 0 Å². The van der Waals surface area contributed by atoms with Crippen molar-refractivity contribution in [2.45, 2.75) is 12.8 Å². The van der Waals surface area contributed by atoms with E-state index in [9.17, 15) is 0 Å². The third kappa shape index (κ3) is 4.31. The molecule has 106 valence electrons. The molecule has 0 radical (unpaired) electrons. The van der Waals surface area contributed by atoms with Gasteiger partial charge in [0.15, 0.2) is 0 Å². The molecule has 0 aliphatic carbocycles. The van der Waals surface area contributed by atoms with Crippen LogP contribution >= 0.6 is 27.5 Å². The number of halogens is 2. The van der Waals surface area contributed by atoms with Crippen LogP contribution in [0.1, 0.15) is 12.8 Å². The van der Waals surface area contributed by atoms with Gasteiger partial charge in [-0.2, -0.15) is 0 Å². The molecule has 6 heteroatoms. The van der Waals surface area contributed by atoms with Crippen molar-refractivity contribution in [3.05, 3.63) is 21.8 Å². The Bertz CT molecular complexity index is 408. The van der Waals surface area contributed by atoms with Gasteiger partial charge in [-0.15, -0.1) is 0 Å². The van der Waals surface area contributed by atoms with Crippen LogP contribution in [0.4, 0.5) is 5.82 Å². The van der Waals surface area contributed by atoms with Crippen LogP contribution in [-0.2, 0) is 0 Å². The third-order valence-electron chi connectivity index (χ3n) is 3.39. The van der Waals surface area contributed by atoms with Crippen molar-refractivity contribution in [1.82, 2.24) is 9.88 Å². The first-order valence-electron chi connectivity index (χ1n) is 6.69. The quantitative estimate of drug-likeness (QED) is 0.831. The summed E-state index contributed by atoms with van der Waals surface area (Å²) in [6.45, 7) is 6.04. The number of anilines is 1. The first kappa shape index (κ1) is 15.0. The number of hydrogen-bond acceptors (Lipinski definition) is 4. The highest BCUT2D eigenvalue weighted by atomic mass is 79.9. The number of nitrogens with two attached hydrogens (primary N) is 1. The highest BCUT2D eigenvalue weighted by Crippen LogP contribution is 2.26. The Labute approximate surface area is 128 Å². The van der Waals surface area contributed by atoms with E-state index in [1.165, 1.54) is 6.42 Å². The summed E-state index contributed by atoms with van der Waals surface area (Å²) in [5.74, 6) is 0.895. The van der Waals surface area contributed by atoms with Crippen LogP contribution in [0.3, 0.4) is 0 Å². The van der Waals surface area contributed by atoms with E-state index >= 15 is 0 Å². The molecule has 0 aromatic carbocycles. The van der Waals surface area contributed by atoms with Gasteiger partial charge in [0.1, 0.15) is 5.82 Å². The molecule has 0 amide bonds. The Morgan fingerprint density at radius 3 is 2.63 bits per heavy atom. The molecular formula is C13H20BrClN4. The monoisotopic (exact) mass is 346 g/mol. The number of piperazine rings is 1. The van der Waals surface area contributed by atoms with Gasteiger partial charge in [-0.05, 0) is 47.9 Å². The van der Waals surface area contributed by atoms with E-state index in [0.717, 1.165) is 56.0 Å². The van der Waals surface area contributed by atoms with E-state index in [-0.39, 0.29) is 0 Å². The van der Waals surface area contributed by atoms with Crippen LogP contribution < -0.4 is 10.6 Å². The van der Waals surface area contributed by atoms with E-state index in [4.69, 9.17) is 17.3 Å². The van der Waals surface area contributed by atoms with Gasteiger partial charge in [-0.25, -0.2) is 4.98 Å². The van der Waals surface area contributed by atoms with Crippen molar-refractivity contribution in [3.63, 3.8) is 0 Å². The Morgan fingerprint density at radius 2 is 2.00 bits per heavy atom. The molecule has 0 unspecified atom stereocenters. The molecule has 1 aliphatic rings. The first-order valence-corrected chi connectivity index (χ1v) is 7.86. The predicted molar refractivity (Wildman–Crippen MR) is 83.9 cm³/mol. The maximum absolute atomic E-state index is 6.24. The number of nitrogens with zero attached hydrogens (tertiary/aromatic N) is 3. The summed E-state index contributed by atoms with van der Waals surface area (Å²) in [7, 11) is 0. The van der Waals surface area contributed by atoms with Gasteiger partial charge in [-0.3, -0.25) is 4.90 Å². The molecule has 1 aromatic rings. The van der Waals surface area contributed by atoms with Gasteiger partial charge in [-0.1, -0.05) is 11.6 Å². The topological polar surface area (TPSA) is 45.4 Å². The second kappa shape index (κ2) is 7.43. The zero-order valence-electron chi connectivity index (χ0n) is 11.0. The van der Waals surface area contributed by atoms with Crippen molar-refractivity contribution in [2.24, 2.45) is 5.73 Å². The Kier molecular flexibility index (Phi) is 5.88. The molecule has 2 rings (SSSR count). The van der Waals surface area contributed by atoms with Crippen molar-refractivity contribution in [2.75, 3.05) is 44.2 Å². The summed E-state index contributed by atoms with van der Waals surface area (Å²) in [4.78, 5) is 9.16. The molecule has 2 heterocycles.